The van der Waals surface area contributed by atoms with E-state index < -0.39 is 24.1 Å². The first-order chi connectivity index (χ1) is 17.5. The number of hydrogen-bond acceptors (Lipinski definition) is 6. The van der Waals surface area contributed by atoms with Crippen LogP contribution in [0.1, 0.15) is 53.8 Å². The molecule has 1 aliphatic heterocycles. The zero-order valence-electron chi connectivity index (χ0n) is 20.5. The Labute approximate surface area is 211 Å². The monoisotopic (exact) mass is 486 g/mol. The number of benzene rings is 2. The van der Waals surface area contributed by atoms with Crippen LogP contribution in [-0.4, -0.2) is 36.2 Å². The van der Waals surface area contributed by atoms with Crippen molar-refractivity contribution in [2.24, 2.45) is 17.8 Å². The summed E-state index contributed by atoms with van der Waals surface area (Å²) in [7, 11) is 0. The van der Waals surface area contributed by atoms with Crippen LogP contribution in [0.15, 0.2) is 72.8 Å². The normalized spacial score (nSPS) is 24.2. The molecule has 6 atom stereocenters. The van der Waals surface area contributed by atoms with Crippen LogP contribution in [0.4, 0.5) is 0 Å². The molecule has 6 nitrogen and oxygen atoms in total. The van der Waals surface area contributed by atoms with Gasteiger partial charge in [0.1, 0.15) is 18.3 Å². The van der Waals surface area contributed by atoms with E-state index in [0.717, 1.165) is 0 Å². The molecule has 1 heterocycles. The van der Waals surface area contributed by atoms with Crippen molar-refractivity contribution in [3.63, 3.8) is 0 Å². The van der Waals surface area contributed by atoms with Crippen molar-refractivity contribution in [3.8, 4) is 11.8 Å². The molecule has 0 radical (unpaired) electrons. The molecule has 6 heteroatoms. The average Bonchev–Trinajstić information content (AvgIpc) is 3.41. The lowest BCUT2D eigenvalue weighted by atomic mass is 9.90. The standard InChI is InChI=1S/C30H30O6/c1-3-4-11-20(2)25(35-29(32)21-12-7-5-8-13-21)17-16-23-24-18-28(31)34-27(24)19-26(23)36-30(33)22-14-9-6-10-15-22/h5-10,12-17,20,23-27H,11,18-19H2,1-2H3/t20?,23-,24-,25-,26-,27+/m1/s1. The summed E-state index contributed by atoms with van der Waals surface area (Å²) in [6.07, 6.45) is 3.75. The topological polar surface area (TPSA) is 78.9 Å². The molecule has 1 saturated heterocycles. The van der Waals surface area contributed by atoms with Crippen molar-refractivity contribution in [2.45, 2.75) is 51.4 Å². The molecular weight excluding hydrogens is 456 g/mol. The number of carbonyl (C=O) groups is 3. The predicted molar refractivity (Wildman–Crippen MR) is 134 cm³/mol. The molecule has 0 spiro atoms. The van der Waals surface area contributed by atoms with Crippen LogP contribution in [0.25, 0.3) is 0 Å². The maximum atomic E-state index is 12.8. The third-order valence-electron chi connectivity index (χ3n) is 6.76. The quantitative estimate of drug-likeness (QED) is 0.226. The van der Waals surface area contributed by atoms with Crippen molar-refractivity contribution in [3.05, 3.63) is 83.9 Å². The number of esters is 3. The molecule has 4 rings (SSSR count). The molecule has 2 fully saturated rings. The van der Waals surface area contributed by atoms with Gasteiger partial charge < -0.3 is 14.2 Å². The summed E-state index contributed by atoms with van der Waals surface area (Å²) in [5.74, 6) is 4.47. The molecule has 2 aromatic carbocycles. The van der Waals surface area contributed by atoms with Gasteiger partial charge in [0.15, 0.2) is 0 Å². The van der Waals surface area contributed by atoms with Crippen molar-refractivity contribution < 1.29 is 28.6 Å². The van der Waals surface area contributed by atoms with Gasteiger partial charge in [-0.25, -0.2) is 9.59 Å². The van der Waals surface area contributed by atoms with Gasteiger partial charge in [0.2, 0.25) is 0 Å². The van der Waals surface area contributed by atoms with Crippen LogP contribution in [0.5, 0.6) is 0 Å². The highest BCUT2D eigenvalue weighted by Gasteiger charge is 2.50. The molecule has 2 aliphatic rings. The summed E-state index contributed by atoms with van der Waals surface area (Å²) >= 11 is 0. The van der Waals surface area contributed by atoms with Crippen LogP contribution in [0.3, 0.4) is 0 Å². The second-order valence-corrected chi connectivity index (χ2v) is 9.25. The number of carbonyl (C=O) groups excluding carboxylic acids is 3. The third kappa shape index (κ3) is 6.04. The minimum absolute atomic E-state index is 0.0645. The lowest BCUT2D eigenvalue weighted by Gasteiger charge is -2.23. The van der Waals surface area contributed by atoms with Crippen LogP contribution in [0.2, 0.25) is 0 Å². The number of rotatable bonds is 8. The van der Waals surface area contributed by atoms with E-state index in [0.29, 0.717) is 24.0 Å². The highest BCUT2D eigenvalue weighted by Crippen LogP contribution is 2.44. The maximum Gasteiger partial charge on any atom is 0.338 e. The molecule has 1 saturated carbocycles. The fraction of sp³-hybridized carbons (Fsp3) is 0.367. The van der Waals surface area contributed by atoms with E-state index >= 15 is 0 Å². The highest BCUT2D eigenvalue weighted by atomic mass is 16.6. The molecular formula is C30H30O6. The van der Waals surface area contributed by atoms with Crippen molar-refractivity contribution >= 4 is 17.9 Å². The van der Waals surface area contributed by atoms with Gasteiger partial charge in [-0.05, 0) is 37.3 Å². The Morgan fingerprint density at radius 2 is 1.69 bits per heavy atom. The van der Waals surface area contributed by atoms with Crippen LogP contribution in [0, 0.1) is 29.6 Å². The minimum Gasteiger partial charge on any atom is -0.462 e. The predicted octanol–water partition coefficient (Wildman–Crippen LogP) is 4.99. The van der Waals surface area contributed by atoms with Gasteiger partial charge in [0.05, 0.1) is 17.5 Å². The fourth-order valence-corrected chi connectivity index (χ4v) is 4.80. The van der Waals surface area contributed by atoms with Crippen LogP contribution < -0.4 is 0 Å². The van der Waals surface area contributed by atoms with Crippen molar-refractivity contribution in [1.82, 2.24) is 0 Å². The van der Waals surface area contributed by atoms with Gasteiger partial charge in [-0.15, -0.1) is 11.8 Å². The molecule has 2 aromatic rings. The van der Waals surface area contributed by atoms with Gasteiger partial charge in [0.25, 0.3) is 0 Å². The van der Waals surface area contributed by atoms with Crippen molar-refractivity contribution in [2.75, 3.05) is 0 Å². The van der Waals surface area contributed by atoms with Gasteiger partial charge in [0, 0.05) is 30.6 Å². The smallest absolute Gasteiger partial charge is 0.338 e. The van der Waals surface area contributed by atoms with Gasteiger partial charge in [-0.3, -0.25) is 4.79 Å². The Hall–Kier alpha value is -3.85. The first kappa shape index (κ1) is 25.2. The van der Waals surface area contributed by atoms with Crippen LogP contribution >= 0.6 is 0 Å². The van der Waals surface area contributed by atoms with Crippen molar-refractivity contribution in [1.29, 1.82) is 0 Å². The number of ether oxygens (including phenoxy) is 3. The van der Waals surface area contributed by atoms with E-state index in [2.05, 4.69) is 11.8 Å². The van der Waals surface area contributed by atoms with E-state index in [-0.39, 0.29) is 36.2 Å². The van der Waals surface area contributed by atoms with Gasteiger partial charge in [-0.1, -0.05) is 49.4 Å². The zero-order valence-corrected chi connectivity index (χ0v) is 20.5. The Morgan fingerprint density at radius 3 is 2.33 bits per heavy atom. The Kier molecular flexibility index (Phi) is 8.22. The maximum absolute atomic E-state index is 12.8. The van der Waals surface area contributed by atoms with E-state index in [1.807, 2.05) is 31.2 Å². The SMILES string of the molecule is CC#CCC(C)[C@@H](C=C[C@@H]1[C@H]2CC(=O)O[C@H]2C[C@H]1OC(=O)c1ccccc1)OC(=O)c1ccccc1. The van der Waals surface area contributed by atoms with E-state index in [1.165, 1.54) is 0 Å². The third-order valence-corrected chi connectivity index (χ3v) is 6.76. The van der Waals surface area contributed by atoms with E-state index in [4.69, 9.17) is 14.2 Å². The van der Waals surface area contributed by atoms with E-state index in [1.54, 1.807) is 55.5 Å². The minimum atomic E-state index is -0.541. The second kappa shape index (κ2) is 11.7. The average molecular weight is 487 g/mol. The molecule has 1 aliphatic carbocycles. The summed E-state index contributed by atoms with van der Waals surface area (Å²) in [5.41, 5.74) is 0.936. The lowest BCUT2D eigenvalue weighted by Crippen LogP contribution is -2.27. The fourth-order valence-electron chi connectivity index (χ4n) is 4.80. The summed E-state index contributed by atoms with van der Waals surface area (Å²) in [6.45, 7) is 3.75. The second-order valence-electron chi connectivity index (χ2n) is 9.25. The Morgan fingerprint density at radius 1 is 1.06 bits per heavy atom. The molecule has 0 N–H and O–H groups in total. The molecule has 0 aromatic heterocycles. The molecule has 1 unspecified atom stereocenters. The molecule has 186 valence electrons. The number of fused-ring (bicyclic) bond motifs is 1. The first-order valence-corrected chi connectivity index (χ1v) is 12.3. The van der Waals surface area contributed by atoms with Gasteiger partial charge >= 0.3 is 17.9 Å². The Bertz CT molecular complexity index is 1160. The van der Waals surface area contributed by atoms with E-state index in [9.17, 15) is 14.4 Å². The molecule has 36 heavy (non-hydrogen) atoms. The highest BCUT2D eigenvalue weighted by molar-refractivity contribution is 5.90. The largest absolute Gasteiger partial charge is 0.462 e. The molecule has 0 bridgehead atoms. The lowest BCUT2D eigenvalue weighted by molar-refractivity contribution is -0.141. The summed E-state index contributed by atoms with van der Waals surface area (Å²) < 4.78 is 17.2. The van der Waals surface area contributed by atoms with Gasteiger partial charge in [-0.2, -0.15) is 0 Å². The first-order valence-electron chi connectivity index (χ1n) is 12.3. The van der Waals surface area contributed by atoms with Crippen LogP contribution in [-0.2, 0) is 19.0 Å². The zero-order chi connectivity index (χ0) is 25.5. The molecule has 0 amide bonds. The summed E-state index contributed by atoms with van der Waals surface area (Å²) in [6, 6.07) is 17.6. The Balaban J connectivity index is 1.54. The summed E-state index contributed by atoms with van der Waals surface area (Å²) in [5, 5.41) is 0. The number of hydrogen-bond donors (Lipinski definition) is 0. The summed E-state index contributed by atoms with van der Waals surface area (Å²) in [4.78, 5) is 37.5.